The second-order valence-electron chi connectivity index (χ2n) is 4.82. The minimum atomic E-state index is -0.542. The van der Waals surface area contributed by atoms with Crippen LogP contribution in [-0.4, -0.2) is 47.9 Å². The van der Waals surface area contributed by atoms with Crippen LogP contribution in [0.5, 0.6) is 5.75 Å². The number of nitriles is 1. The third kappa shape index (κ3) is 4.56. The van der Waals surface area contributed by atoms with Crippen LogP contribution in [0.1, 0.15) is 6.42 Å². The van der Waals surface area contributed by atoms with Crippen molar-refractivity contribution in [3.63, 3.8) is 0 Å². The minimum absolute atomic E-state index is 0.260. The summed E-state index contributed by atoms with van der Waals surface area (Å²) in [6.07, 6.45) is 2.45. The van der Waals surface area contributed by atoms with Gasteiger partial charge in [0.2, 0.25) is 6.19 Å². The fourth-order valence-corrected chi connectivity index (χ4v) is 2.86. The van der Waals surface area contributed by atoms with Gasteiger partial charge in [0.1, 0.15) is 5.75 Å². The number of nitrogens with zero attached hydrogens (tertiary/aromatic N) is 3. The summed E-state index contributed by atoms with van der Waals surface area (Å²) in [4.78, 5) is 5.54. The number of aliphatic imine (C=N–C) groups is 1. The van der Waals surface area contributed by atoms with Crippen LogP contribution < -0.4 is 4.74 Å². The van der Waals surface area contributed by atoms with Crippen LogP contribution in [0.3, 0.4) is 0 Å². The summed E-state index contributed by atoms with van der Waals surface area (Å²) < 4.78 is 17.8. The first-order chi connectivity index (χ1) is 10.7. The molecule has 118 valence electrons. The standard InChI is InChI=1S/C15H18IN3O3/c1-19(8-7-15(11-16)20-9-10-21-15)14(18-12-17)22-13-5-3-2-4-6-13/h2-6H,7-11H2,1H3/b18-14+. The van der Waals surface area contributed by atoms with E-state index in [1.165, 1.54) is 0 Å². The summed E-state index contributed by atoms with van der Waals surface area (Å²) in [5.74, 6) is 0.0968. The lowest BCUT2D eigenvalue weighted by atomic mass is 10.2. The lowest BCUT2D eigenvalue weighted by Crippen LogP contribution is -2.39. The van der Waals surface area contributed by atoms with Crippen molar-refractivity contribution in [1.29, 1.82) is 5.26 Å². The Kier molecular flexibility index (Phi) is 6.42. The Morgan fingerprint density at radius 2 is 2.09 bits per heavy atom. The Balaban J connectivity index is 1.97. The highest BCUT2D eigenvalue weighted by atomic mass is 127. The van der Waals surface area contributed by atoms with E-state index in [9.17, 15) is 0 Å². The molecule has 22 heavy (non-hydrogen) atoms. The zero-order chi connectivity index (χ0) is 15.8. The van der Waals surface area contributed by atoms with Gasteiger partial charge in [0.05, 0.1) is 17.6 Å². The van der Waals surface area contributed by atoms with Crippen LogP contribution in [0, 0.1) is 11.5 Å². The highest BCUT2D eigenvalue weighted by Crippen LogP contribution is 2.26. The van der Waals surface area contributed by atoms with Crippen LogP contribution in [0.2, 0.25) is 0 Å². The molecule has 0 aliphatic carbocycles. The van der Waals surface area contributed by atoms with Crippen LogP contribution in [0.15, 0.2) is 35.3 Å². The van der Waals surface area contributed by atoms with Gasteiger partial charge in [-0.15, -0.1) is 4.99 Å². The van der Waals surface area contributed by atoms with Gasteiger partial charge in [0, 0.05) is 20.0 Å². The van der Waals surface area contributed by atoms with Crippen molar-refractivity contribution in [2.75, 3.05) is 31.2 Å². The van der Waals surface area contributed by atoms with Crippen molar-refractivity contribution >= 4 is 28.6 Å². The molecule has 1 saturated heterocycles. The van der Waals surface area contributed by atoms with Gasteiger partial charge in [-0.1, -0.05) is 40.8 Å². The van der Waals surface area contributed by atoms with Gasteiger partial charge < -0.3 is 19.1 Å². The van der Waals surface area contributed by atoms with E-state index in [-0.39, 0.29) is 6.02 Å². The molecule has 1 aromatic carbocycles. The maximum Gasteiger partial charge on any atom is 0.308 e. The largest absolute Gasteiger partial charge is 0.425 e. The maximum atomic E-state index is 8.85. The average molecular weight is 415 g/mol. The second kappa shape index (κ2) is 8.31. The molecular weight excluding hydrogens is 397 g/mol. The van der Waals surface area contributed by atoms with Crippen molar-refractivity contribution in [3.05, 3.63) is 30.3 Å². The quantitative estimate of drug-likeness (QED) is 0.243. The third-order valence-electron chi connectivity index (χ3n) is 3.27. The molecule has 0 saturated carbocycles. The molecule has 0 spiro atoms. The second-order valence-corrected chi connectivity index (χ2v) is 5.59. The normalized spacial score (nSPS) is 17.0. The van der Waals surface area contributed by atoms with Gasteiger partial charge in [-0.25, -0.2) is 0 Å². The predicted octanol–water partition coefficient (Wildman–Crippen LogP) is 2.40. The summed E-state index contributed by atoms with van der Waals surface area (Å²) in [5.41, 5.74) is 0. The Morgan fingerprint density at radius 3 is 2.68 bits per heavy atom. The highest BCUT2D eigenvalue weighted by Gasteiger charge is 2.35. The zero-order valence-electron chi connectivity index (χ0n) is 12.4. The van der Waals surface area contributed by atoms with Gasteiger partial charge >= 0.3 is 6.02 Å². The van der Waals surface area contributed by atoms with E-state index in [2.05, 4.69) is 27.6 Å². The number of para-hydroxylation sites is 1. The number of ether oxygens (including phenoxy) is 3. The number of rotatable bonds is 5. The molecule has 0 N–H and O–H groups in total. The summed E-state index contributed by atoms with van der Waals surface area (Å²) in [6, 6.07) is 9.52. The molecule has 1 aromatic rings. The van der Waals surface area contributed by atoms with E-state index in [4.69, 9.17) is 19.5 Å². The number of halogens is 1. The third-order valence-corrected chi connectivity index (χ3v) is 4.43. The molecule has 0 atom stereocenters. The van der Waals surface area contributed by atoms with E-state index < -0.39 is 5.79 Å². The van der Waals surface area contributed by atoms with Crippen molar-refractivity contribution in [2.45, 2.75) is 12.2 Å². The number of amidine groups is 1. The van der Waals surface area contributed by atoms with Crippen molar-refractivity contribution in [1.82, 2.24) is 4.90 Å². The molecule has 7 heteroatoms. The van der Waals surface area contributed by atoms with E-state index in [0.29, 0.717) is 31.9 Å². The molecule has 1 heterocycles. The number of alkyl halides is 1. The van der Waals surface area contributed by atoms with Gasteiger partial charge in [-0.3, -0.25) is 0 Å². The number of hydrogen-bond acceptors (Lipinski definition) is 5. The van der Waals surface area contributed by atoms with Crippen LogP contribution in [-0.2, 0) is 9.47 Å². The molecule has 1 fully saturated rings. The molecule has 1 aliphatic rings. The van der Waals surface area contributed by atoms with Crippen LogP contribution in [0.25, 0.3) is 0 Å². The van der Waals surface area contributed by atoms with Crippen LogP contribution in [0.4, 0.5) is 0 Å². The topological polar surface area (TPSA) is 67.1 Å². The highest BCUT2D eigenvalue weighted by molar-refractivity contribution is 14.1. The molecule has 2 rings (SSSR count). The van der Waals surface area contributed by atoms with Gasteiger partial charge in [-0.2, -0.15) is 5.26 Å². The molecule has 0 aromatic heterocycles. The monoisotopic (exact) mass is 415 g/mol. The first kappa shape index (κ1) is 17.0. The Bertz CT molecular complexity index is 539. The number of benzene rings is 1. The van der Waals surface area contributed by atoms with E-state index in [1.54, 1.807) is 11.1 Å². The average Bonchev–Trinajstić information content (AvgIpc) is 3.03. The first-order valence-electron chi connectivity index (χ1n) is 6.94. The summed E-state index contributed by atoms with van der Waals surface area (Å²) in [6.45, 7) is 1.84. The van der Waals surface area contributed by atoms with Crippen molar-refractivity contribution in [2.24, 2.45) is 4.99 Å². The fourth-order valence-electron chi connectivity index (χ4n) is 2.04. The summed E-state index contributed by atoms with van der Waals surface area (Å²) in [7, 11) is 1.83. The molecular formula is C15H18IN3O3. The molecule has 6 nitrogen and oxygen atoms in total. The molecule has 0 bridgehead atoms. The summed E-state index contributed by atoms with van der Waals surface area (Å²) in [5, 5.41) is 8.85. The zero-order valence-corrected chi connectivity index (χ0v) is 14.5. The minimum Gasteiger partial charge on any atom is -0.425 e. The van der Waals surface area contributed by atoms with Gasteiger partial charge in [-0.05, 0) is 12.1 Å². The van der Waals surface area contributed by atoms with Crippen molar-refractivity contribution < 1.29 is 14.2 Å². The predicted molar refractivity (Wildman–Crippen MR) is 90.9 cm³/mol. The molecule has 0 radical (unpaired) electrons. The first-order valence-corrected chi connectivity index (χ1v) is 8.46. The smallest absolute Gasteiger partial charge is 0.308 e. The van der Waals surface area contributed by atoms with E-state index in [1.807, 2.05) is 37.4 Å². The molecule has 0 amide bonds. The molecule has 1 aliphatic heterocycles. The van der Waals surface area contributed by atoms with E-state index >= 15 is 0 Å². The lowest BCUT2D eigenvalue weighted by molar-refractivity contribution is -0.141. The Morgan fingerprint density at radius 1 is 1.41 bits per heavy atom. The van der Waals surface area contributed by atoms with Crippen LogP contribution >= 0.6 is 22.6 Å². The SMILES string of the molecule is CN(CCC1(CI)OCCO1)/C(=N\C#N)Oc1ccccc1. The Hall–Kier alpha value is -1.37. The Labute approximate surface area is 143 Å². The van der Waals surface area contributed by atoms with Crippen molar-refractivity contribution in [3.8, 4) is 11.9 Å². The maximum absolute atomic E-state index is 8.85. The van der Waals surface area contributed by atoms with E-state index in [0.717, 1.165) is 4.43 Å². The summed E-state index contributed by atoms with van der Waals surface area (Å²) >= 11 is 2.26. The molecule has 0 unspecified atom stereocenters. The fraction of sp³-hybridized carbons (Fsp3) is 0.467. The number of hydrogen-bond donors (Lipinski definition) is 0. The van der Waals surface area contributed by atoms with Gasteiger partial charge in [0.15, 0.2) is 5.79 Å². The van der Waals surface area contributed by atoms with Gasteiger partial charge in [0.25, 0.3) is 0 Å². The lowest BCUT2D eigenvalue weighted by Gasteiger charge is -2.28.